The van der Waals surface area contributed by atoms with E-state index in [1.165, 1.54) is 24.3 Å². The van der Waals surface area contributed by atoms with Crippen LogP contribution in [0.4, 0.5) is 14.5 Å². The summed E-state index contributed by atoms with van der Waals surface area (Å²) in [5, 5.41) is 3.37. The van der Waals surface area contributed by atoms with Gasteiger partial charge in [0.15, 0.2) is 0 Å². The first kappa shape index (κ1) is 18.4. The quantitative estimate of drug-likeness (QED) is 0.612. The average molecular weight is 405 g/mol. The fourth-order valence-electron chi connectivity index (χ4n) is 2.86. The molecule has 1 aliphatic rings. The molecule has 1 fully saturated rings. The van der Waals surface area contributed by atoms with E-state index in [4.69, 9.17) is 34.8 Å². The minimum Gasteiger partial charge on any atom is -0.326 e. The number of halogens is 5. The lowest BCUT2D eigenvalue weighted by atomic mass is 10.1. The predicted octanol–water partition coefficient (Wildman–Crippen LogP) is 6.11. The van der Waals surface area contributed by atoms with Crippen molar-refractivity contribution < 1.29 is 13.6 Å². The van der Waals surface area contributed by atoms with Gasteiger partial charge in [-0.3, -0.25) is 4.79 Å². The fourth-order valence-corrected chi connectivity index (χ4v) is 3.80. The summed E-state index contributed by atoms with van der Waals surface area (Å²) >= 11 is 18.5. The van der Waals surface area contributed by atoms with Crippen LogP contribution in [-0.4, -0.2) is 10.2 Å². The van der Waals surface area contributed by atoms with Crippen LogP contribution in [0.5, 0.6) is 0 Å². The second-order valence-electron chi connectivity index (χ2n) is 6.05. The third-order valence-electron chi connectivity index (χ3n) is 4.31. The number of amides is 1. The van der Waals surface area contributed by atoms with Crippen LogP contribution in [0.25, 0.3) is 0 Å². The van der Waals surface area contributed by atoms with E-state index in [1.54, 1.807) is 18.2 Å². The molecule has 1 amide bonds. The first-order valence-electron chi connectivity index (χ1n) is 7.54. The van der Waals surface area contributed by atoms with E-state index in [9.17, 15) is 13.6 Å². The van der Waals surface area contributed by atoms with Gasteiger partial charge in [0.1, 0.15) is 4.33 Å². The summed E-state index contributed by atoms with van der Waals surface area (Å²) in [6.07, 6.45) is -2.54. The third-order valence-corrected chi connectivity index (χ3v) is 5.67. The monoisotopic (exact) mass is 403 g/mol. The number of hydrogen-bond donors (Lipinski definition) is 1. The zero-order valence-electron chi connectivity index (χ0n) is 13.1. The average Bonchev–Trinajstić information content (AvgIpc) is 3.13. The van der Waals surface area contributed by atoms with Gasteiger partial charge in [-0.15, -0.1) is 23.2 Å². The minimum atomic E-state index is -2.54. The molecule has 2 unspecified atom stereocenters. The van der Waals surface area contributed by atoms with Crippen LogP contribution in [0.3, 0.4) is 0 Å². The highest BCUT2D eigenvalue weighted by Gasteiger charge is 2.67. The van der Waals surface area contributed by atoms with Crippen molar-refractivity contribution >= 4 is 46.4 Å². The van der Waals surface area contributed by atoms with E-state index in [0.717, 1.165) is 5.56 Å². The Morgan fingerprint density at radius 3 is 2.36 bits per heavy atom. The normalized spacial score (nSPS) is 21.2. The van der Waals surface area contributed by atoms with Gasteiger partial charge in [-0.2, -0.15) is 0 Å². The number of carbonyl (C=O) groups is 1. The molecular formula is C18H14Cl3F2NO. The van der Waals surface area contributed by atoms with Crippen molar-refractivity contribution in [1.82, 2.24) is 0 Å². The molecule has 3 rings (SSSR count). The van der Waals surface area contributed by atoms with Crippen LogP contribution in [0.2, 0.25) is 5.02 Å². The second-order valence-corrected chi connectivity index (χ2v) is 7.90. The molecule has 7 heteroatoms. The molecule has 0 saturated heterocycles. The van der Waals surface area contributed by atoms with Crippen molar-refractivity contribution in [3.8, 4) is 0 Å². The second kappa shape index (κ2) is 6.75. The summed E-state index contributed by atoms with van der Waals surface area (Å²) in [4.78, 5) is 12.5. The first-order chi connectivity index (χ1) is 11.7. The summed E-state index contributed by atoms with van der Waals surface area (Å²) in [7, 11) is 0. The highest BCUT2D eigenvalue weighted by molar-refractivity contribution is 6.53. The maximum absolute atomic E-state index is 12.7. The van der Waals surface area contributed by atoms with Gasteiger partial charge < -0.3 is 5.32 Å². The third kappa shape index (κ3) is 3.62. The van der Waals surface area contributed by atoms with Gasteiger partial charge in [-0.25, -0.2) is 8.78 Å². The molecule has 2 nitrogen and oxygen atoms in total. The number of anilines is 1. The number of hydrogen-bond acceptors (Lipinski definition) is 1. The highest BCUT2D eigenvalue weighted by Crippen LogP contribution is 2.65. The molecule has 0 radical (unpaired) electrons. The van der Waals surface area contributed by atoms with E-state index >= 15 is 0 Å². The Bertz CT molecular complexity index is 808. The Morgan fingerprint density at radius 1 is 1.16 bits per heavy atom. The van der Waals surface area contributed by atoms with Crippen LogP contribution in [-0.2, 0) is 4.79 Å². The van der Waals surface area contributed by atoms with Gasteiger partial charge in [0.05, 0.1) is 5.92 Å². The van der Waals surface area contributed by atoms with Crippen molar-refractivity contribution in [1.29, 1.82) is 0 Å². The number of aryl methyl sites for hydroxylation is 1. The Morgan fingerprint density at radius 2 is 1.80 bits per heavy atom. The van der Waals surface area contributed by atoms with Crippen LogP contribution in [0.15, 0.2) is 42.5 Å². The molecule has 2 aromatic carbocycles. The zero-order valence-corrected chi connectivity index (χ0v) is 15.3. The summed E-state index contributed by atoms with van der Waals surface area (Å²) in [6, 6.07) is 10.8. The lowest BCUT2D eigenvalue weighted by molar-refractivity contribution is -0.117. The molecule has 1 saturated carbocycles. The van der Waals surface area contributed by atoms with Gasteiger partial charge >= 0.3 is 0 Å². The molecule has 0 aromatic heterocycles. The smallest absolute Gasteiger partial charge is 0.263 e. The van der Waals surface area contributed by atoms with Crippen LogP contribution < -0.4 is 5.32 Å². The van der Waals surface area contributed by atoms with Crippen LogP contribution in [0, 0.1) is 12.8 Å². The maximum Gasteiger partial charge on any atom is 0.263 e. The molecule has 132 valence electrons. The molecule has 2 atom stereocenters. The summed E-state index contributed by atoms with van der Waals surface area (Å²) in [6.45, 7) is 1.83. The first-order valence-corrected chi connectivity index (χ1v) is 8.68. The lowest BCUT2D eigenvalue weighted by Gasteiger charge is -2.07. The van der Waals surface area contributed by atoms with E-state index in [-0.39, 0.29) is 11.5 Å². The topological polar surface area (TPSA) is 29.1 Å². The minimum absolute atomic E-state index is 0.0863. The summed E-state index contributed by atoms with van der Waals surface area (Å²) in [5.41, 5.74) is 1.99. The van der Waals surface area contributed by atoms with Crippen LogP contribution in [0.1, 0.15) is 29.0 Å². The zero-order chi connectivity index (χ0) is 18.4. The fraction of sp³-hybridized carbons (Fsp3) is 0.278. The molecule has 2 aromatic rings. The highest BCUT2D eigenvalue weighted by atomic mass is 35.5. The molecule has 1 aliphatic carbocycles. The van der Waals surface area contributed by atoms with Crippen LogP contribution >= 0.6 is 34.8 Å². The summed E-state index contributed by atoms with van der Waals surface area (Å²) in [5.74, 6) is -1.44. The number of carbonyl (C=O) groups excluding carboxylic acids is 1. The molecule has 0 spiro atoms. The van der Waals surface area contributed by atoms with E-state index in [2.05, 4.69) is 5.32 Å². The standard InChI is InChI=1S/C18H14Cl3F2NO/c1-9-8-12(6-7-13(9)19)24-17(25)15-14(18(15,20)21)10-2-4-11(5-3-10)16(22)23/h2-8,14-16H,1H3,(H,24,25). The number of alkyl halides is 4. The van der Waals surface area contributed by atoms with Crippen molar-refractivity contribution in [2.75, 3.05) is 5.32 Å². The van der Waals surface area contributed by atoms with Crippen molar-refractivity contribution in [3.05, 3.63) is 64.2 Å². The van der Waals surface area contributed by atoms with Crippen molar-refractivity contribution in [2.24, 2.45) is 5.92 Å². The number of nitrogens with one attached hydrogen (secondary N) is 1. The molecular weight excluding hydrogens is 391 g/mol. The Kier molecular flexibility index (Phi) is 4.97. The Labute approximate surface area is 159 Å². The molecule has 0 aliphatic heterocycles. The number of benzene rings is 2. The van der Waals surface area contributed by atoms with Gasteiger partial charge in [0, 0.05) is 22.2 Å². The van der Waals surface area contributed by atoms with Gasteiger partial charge in [-0.05, 0) is 36.2 Å². The molecule has 0 heterocycles. The van der Waals surface area contributed by atoms with Crippen molar-refractivity contribution in [3.63, 3.8) is 0 Å². The molecule has 25 heavy (non-hydrogen) atoms. The lowest BCUT2D eigenvalue weighted by Crippen LogP contribution is -2.17. The Hall–Kier alpha value is -1.36. The number of rotatable bonds is 4. The SMILES string of the molecule is Cc1cc(NC(=O)C2C(c3ccc(C(F)F)cc3)C2(Cl)Cl)ccc1Cl. The van der Waals surface area contributed by atoms with E-state index in [1.807, 2.05) is 6.92 Å². The maximum atomic E-state index is 12.7. The van der Waals surface area contributed by atoms with Gasteiger partial charge in [0.25, 0.3) is 6.43 Å². The van der Waals surface area contributed by atoms with Gasteiger partial charge in [-0.1, -0.05) is 35.9 Å². The van der Waals surface area contributed by atoms with E-state index < -0.39 is 22.6 Å². The largest absolute Gasteiger partial charge is 0.326 e. The van der Waals surface area contributed by atoms with Gasteiger partial charge in [0.2, 0.25) is 5.91 Å². The molecule has 0 bridgehead atoms. The van der Waals surface area contributed by atoms with Crippen molar-refractivity contribution in [2.45, 2.75) is 23.6 Å². The predicted molar refractivity (Wildman–Crippen MR) is 96.9 cm³/mol. The summed E-state index contributed by atoms with van der Waals surface area (Å²) < 4.78 is 24.0. The molecule has 1 N–H and O–H groups in total. The van der Waals surface area contributed by atoms with E-state index in [0.29, 0.717) is 16.3 Å². The Balaban J connectivity index is 1.75.